The monoisotopic (exact) mass is 354 g/mol. The summed E-state index contributed by atoms with van der Waals surface area (Å²) < 4.78 is 39.6. The van der Waals surface area contributed by atoms with Gasteiger partial charge in [0, 0.05) is 12.6 Å². The highest BCUT2D eigenvalue weighted by Gasteiger charge is 2.29. The second kappa shape index (κ2) is 6.84. The molecule has 2 aromatic carbocycles. The molecule has 0 amide bonds. The molecule has 0 saturated carbocycles. The Kier molecular flexibility index (Phi) is 4.59. The first-order valence-corrected chi connectivity index (χ1v) is 7.64. The van der Waals surface area contributed by atoms with Gasteiger partial charge >= 0.3 is 6.18 Å². The van der Waals surface area contributed by atoms with Crippen LogP contribution in [0.5, 0.6) is 0 Å². The van der Waals surface area contributed by atoms with E-state index < -0.39 is 11.7 Å². The zero-order valence-corrected chi connectivity index (χ0v) is 13.7. The lowest BCUT2D eigenvalue weighted by Gasteiger charge is -2.06. The van der Waals surface area contributed by atoms with Crippen molar-refractivity contribution in [3.05, 3.63) is 71.5 Å². The van der Waals surface area contributed by atoms with Crippen LogP contribution in [0.3, 0.4) is 0 Å². The lowest BCUT2D eigenvalue weighted by atomic mass is 10.1. The predicted octanol–water partition coefficient (Wildman–Crippen LogP) is 4.57. The van der Waals surface area contributed by atoms with Crippen LogP contribution in [0.25, 0.3) is 23.0 Å². The van der Waals surface area contributed by atoms with Crippen molar-refractivity contribution < 1.29 is 13.2 Å². The highest BCUT2D eigenvalue weighted by atomic mass is 19.4. The number of rotatable bonds is 3. The predicted molar refractivity (Wildman–Crippen MR) is 91.4 cm³/mol. The van der Waals surface area contributed by atoms with Gasteiger partial charge in [-0.2, -0.15) is 18.4 Å². The van der Waals surface area contributed by atoms with Gasteiger partial charge in [-0.1, -0.05) is 42.5 Å². The van der Waals surface area contributed by atoms with Crippen molar-refractivity contribution in [1.29, 1.82) is 5.26 Å². The molecule has 0 aliphatic carbocycles. The maximum atomic E-state index is 12.6. The number of halogens is 3. The van der Waals surface area contributed by atoms with E-state index >= 15 is 0 Å². The van der Waals surface area contributed by atoms with Crippen molar-refractivity contribution in [2.24, 2.45) is 7.05 Å². The number of allylic oxidation sites excluding steroid dienone is 1. The second-order valence-corrected chi connectivity index (χ2v) is 5.56. The molecular formula is C19H13F3N4. The average Bonchev–Trinajstić information content (AvgIpc) is 3.01. The molecular weight excluding hydrogens is 341 g/mol. The lowest BCUT2D eigenvalue weighted by Crippen LogP contribution is -2.04. The Bertz CT molecular complexity index is 978. The highest BCUT2D eigenvalue weighted by molar-refractivity contribution is 5.87. The smallest absolute Gasteiger partial charge is 0.310 e. The van der Waals surface area contributed by atoms with Crippen LogP contribution in [0.2, 0.25) is 0 Å². The fourth-order valence-electron chi connectivity index (χ4n) is 2.48. The zero-order chi connectivity index (χ0) is 18.7. The normalized spacial score (nSPS) is 12.0. The molecule has 0 fully saturated rings. The number of alkyl halides is 3. The van der Waals surface area contributed by atoms with E-state index in [4.69, 9.17) is 0 Å². The van der Waals surface area contributed by atoms with Crippen LogP contribution in [0, 0.1) is 11.3 Å². The number of benzene rings is 2. The Balaban J connectivity index is 1.96. The number of hydrogen-bond donors (Lipinski definition) is 0. The Morgan fingerprint density at radius 3 is 2.27 bits per heavy atom. The summed E-state index contributed by atoms with van der Waals surface area (Å²) in [5.74, 6) is 0.931. The fraction of sp³-hybridized carbons (Fsp3) is 0.105. The number of nitrogens with zero attached hydrogens (tertiary/aromatic N) is 4. The van der Waals surface area contributed by atoms with E-state index in [0.29, 0.717) is 17.2 Å². The molecule has 0 saturated heterocycles. The molecule has 0 N–H and O–H groups in total. The first-order chi connectivity index (χ1) is 12.4. The number of aromatic nitrogens is 3. The van der Waals surface area contributed by atoms with Crippen LogP contribution < -0.4 is 0 Å². The van der Waals surface area contributed by atoms with Crippen molar-refractivity contribution in [1.82, 2.24) is 14.8 Å². The van der Waals surface area contributed by atoms with Crippen LogP contribution in [0.15, 0.2) is 54.6 Å². The van der Waals surface area contributed by atoms with Gasteiger partial charge in [0.05, 0.1) is 11.1 Å². The third-order valence-electron chi connectivity index (χ3n) is 3.82. The number of nitriles is 1. The van der Waals surface area contributed by atoms with Crippen molar-refractivity contribution in [2.45, 2.75) is 6.18 Å². The van der Waals surface area contributed by atoms with E-state index in [1.807, 2.05) is 36.4 Å². The maximum Gasteiger partial charge on any atom is 0.416 e. The van der Waals surface area contributed by atoms with Gasteiger partial charge in [-0.3, -0.25) is 0 Å². The van der Waals surface area contributed by atoms with Crippen LogP contribution >= 0.6 is 0 Å². The molecule has 0 radical (unpaired) electrons. The fourth-order valence-corrected chi connectivity index (χ4v) is 2.48. The lowest BCUT2D eigenvalue weighted by molar-refractivity contribution is -0.137. The van der Waals surface area contributed by atoms with E-state index in [2.05, 4.69) is 10.2 Å². The van der Waals surface area contributed by atoms with Gasteiger partial charge in [-0.25, -0.2) is 0 Å². The molecule has 0 unspecified atom stereocenters. The van der Waals surface area contributed by atoms with Crippen LogP contribution in [0.1, 0.15) is 17.0 Å². The van der Waals surface area contributed by atoms with Gasteiger partial charge in [0.25, 0.3) is 0 Å². The molecule has 4 nitrogen and oxygen atoms in total. The van der Waals surface area contributed by atoms with Crippen LogP contribution in [-0.4, -0.2) is 14.8 Å². The minimum Gasteiger partial charge on any atom is -0.310 e. The van der Waals surface area contributed by atoms with Gasteiger partial charge in [-0.05, 0) is 23.8 Å². The molecule has 7 heteroatoms. The minimum atomic E-state index is -4.39. The van der Waals surface area contributed by atoms with Gasteiger partial charge in [0.2, 0.25) is 0 Å². The first-order valence-electron chi connectivity index (χ1n) is 7.64. The zero-order valence-electron chi connectivity index (χ0n) is 13.7. The third kappa shape index (κ3) is 3.49. The van der Waals surface area contributed by atoms with Crippen LogP contribution in [-0.2, 0) is 13.2 Å². The summed E-state index contributed by atoms with van der Waals surface area (Å²) in [6.45, 7) is 0. The van der Waals surface area contributed by atoms with Crippen molar-refractivity contribution >= 4 is 11.6 Å². The quantitative estimate of drug-likeness (QED) is 0.648. The molecule has 1 heterocycles. The standard InChI is InChI=1S/C19H13F3N4/c1-26-17(14-5-3-2-4-6-14)24-25-18(26)15(12-23)11-13-7-9-16(10-8-13)19(20,21)22/h2-11H,1H3. The molecule has 1 aromatic heterocycles. The molecule has 0 aliphatic heterocycles. The Hall–Kier alpha value is -3.40. The second-order valence-electron chi connectivity index (χ2n) is 5.56. The summed E-state index contributed by atoms with van der Waals surface area (Å²) in [5, 5.41) is 17.6. The van der Waals surface area contributed by atoms with E-state index in [-0.39, 0.29) is 5.57 Å². The van der Waals surface area contributed by atoms with Crippen molar-refractivity contribution in [3.63, 3.8) is 0 Å². The Morgan fingerprint density at radius 1 is 1.04 bits per heavy atom. The topological polar surface area (TPSA) is 54.5 Å². The van der Waals surface area contributed by atoms with E-state index in [0.717, 1.165) is 17.7 Å². The Morgan fingerprint density at radius 2 is 1.69 bits per heavy atom. The molecule has 26 heavy (non-hydrogen) atoms. The largest absolute Gasteiger partial charge is 0.416 e. The highest BCUT2D eigenvalue weighted by Crippen LogP contribution is 2.29. The first kappa shape index (κ1) is 17.4. The summed E-state index contributed by atoms with van der Waals surface area (Å²) in [6, 6.07) is 16.0. The summed E-state index contributed by atoms with van der Waals surface area (Å²) in [7, 11) is 1.73. The third-order valence-corrected chi connectivity index (χ3v) is 3.82. The molecule has 3 rings (SSSR count). The van der Waals surface area contributed by atoms with Crippen LogP contribution in [0.4, 0.5) is 13.2 Å². The summed E-state index contributed by atoms with van der Waals surface area (Å²) >= 11 is 0. The maximum absolute atomic E-state index is 12.6. The van der Waals surface area contributed by atoms with Gasteiger partial charge < -0.3 is 4.57 Å². The van der Waals surface area contributed by atoms with Gasteiger partial charge in [-0.15, -0.1) is 10.2 Å². The molecule has 0 bridgehead atoms. The van der Waals surface area contributed by atoms with E-state index in [9.17, 15) is 18.4 Å². The van der Waals surface area contributed by atoms with E-state index in [1.165, 1.54) is 18.2 Å². The SMILES string of the molecule is Cn1c(C(C#N)=Cc2ccc(C(F)(F)F)cc2)nnc1-c1ccccc1. The molecule has 130 valence electrons. The minimum absolute atomic E-state index is 0.210. The Labute approximate surface area is 147 Å². The summed E-state index contributed by atoms with van der Waals surface area (Å²) in [4.78, 5) is 0. The van der Waals surface area contributed by atoms with Crippen molar-refractivity contribution in [3.8, 4) is 17.5 Å². The van der Waals surface area contributed by atoms with E-state index in [1.54, 1.807) is 11.6 Å². The number of hydrogen-bond acceptors (Lipinski definition) is 3. The average molecular weight is 354 g/mol. The summed E-state index contributed by atoms with van der Waals surface area (Å²) in [5.41, 5.74) is 0.791. The molecule has 0 aliphatic rings. The summed E-state index contributed by atoms with van der Waals surface area (Å²) in [6.07, 6.45) is -2.91. The van der Waals surface area contributed by atoms with Gasteiger partial charge in [0.15, 0.2) is 11.6 Å². The molecule has 0 atom stereocenters. The van der Waals surface area contributed by atoms with Crippen molar-refractivity contribution in [2.75, 3.05) is 0 Å². The molecule has 3 aromatic rings. The molecule has 0 spiro atoms. The van der Waals surface area contributed by atoms with Gasteiger partial charge in [0.1, 0.15) is 6.07 Å².